The van der Waals surface area contributed by atoms with Gasteiger partial charge in [0.2, 0.25) is 0 Å². The first-order valence-corrected chi connectivity index (χ1v) is 8.25. The number of rotatable bonds is 1. The van der Waals surface area contributed by atoms with E-state index in [0.29, 0.717) is 23.3 Å². The Morgan fingerprint density at radius 1 is 1.00 bits per heavy atom. The van der Waals surface area contributed by atoms with Crippen LogP contribution in [0.4, 0.5) is 0 Å². The Labute approximate surface area is 144 Å². The van der Waals surface area contributed by atoms with Gasteiger partial charge in [0.05, 0.1) is 24.9 Å². The summed E-state index contributed by atoms with van der Waals surface area (Å²) in [5.41, 5.74) is 1.89. The van der Waals surface area contributed by atoms with Crippen LogP contribution in [0.3, 0.4) is 0 Å². The second-order valence-corrected chi connectivity index (χ2v) is 6.71. The molecule has 0 spiro atoms. The highest BCUT2D eigenvalue weighted by molar-refractivity contribution is 6.30. The zero-order chi connectivity index (χ0) is 17.9. The summed E-state index contributed by atoms with van der Waals surface area (Å²) in [7, 11) is 1.46. The molecule has 0 radical (unpaired) electrons. The molecule has 0 fully saturated rings. The molecule has 128 valence electrons. The van der Waals surface area contributed by atoms with Gasteiger partial charge in [0, 0.05) is 16.7 Å². The Morgan fingerprint density at radius 3 is 2.40 bits per heavy atom. The fraction of sp³-hybridized carbons (Fsp3) is 0.300. The summed E-state index contributed by atoms with van der Waals surface area (Å²) in [6.07, 6.45) is -1.30. The number of carbonyl (C=O) groups excluding carboxylic acids is 2. The van der Waals surface area contributed by atoms with Crippen LogP contribution in [-0.4, -0.2) is 28.9 Å². The third-order valence-electron chi connectivity index (χ3n) is 5.25. The molecule has 2 aromatic rings. The molecule has 3 atom stereocenters. The van der Waals surface area contributed by atoms with Crippen LogP contribution in [0.25, 0.3) is 0 Å². The minimum absolute atomic E-state index is 0.123. The number of aliphatic hydroxyl groups excluding tert-OH is 2. The van der Waals surface area contributed by atoms with Gasteiger partial charge in [0.25, 0.3) is 0 Å². The first-order chi connectivity index (χ1) is 12.0. The number of hydrogen-bond acceptors (Lipinski definition) is 5. The molecule has 0 saturated carbocycles. The van der Waals surface area contributed by atoms with E-state index in [-0.39, 0.29) is 39.7 Å². The minimum atomic E-state index is -0.882. The number of methoxy groups -OCH3 is 1. The molecule has 0 aliphatic heterocycles. The minimum Gasteiger partial charge on any atom is -0.496 e. The van der Waals surface area contributed by atoms with E-state index in [1.165, 1.54) is 7.11 Å². The van der Waals surface area contributed by atoms with Crippen LogP contribution in [0, 0.1) is 5.92 Å². The van der Waals surface area contributed by atoms with Crippen molar-refractivity contribution in [3.8, 4) is 5.75 Å². The molecule has 25 heavy (non-hydrogen) atoms. The standard InChI is InChI=1S/C20H18O5/c1-9-8-13(21)15-11(18(9)22)6-7-12-17(15)20(24)10-4-3-5-14(25-2)16(10)19(12)23/h3-7,9,13,18,21-22H,8H2,1-2H3/t9-,13+,18-/m1/s1. The smallest absolute Gasteiger partial charge is 0.198 e. The Balaban J connectivity index is 2.01. The summed E-state index contributed by atoms with van der Waals surface area (Å²) in [6.45, 7) is 1.85. The van der Waals surface area contributed by atoms with Gasteiger partial charge in [-0.25, -0.2) is 0 Å². The summed E-state index contributed by atoms with van der Waals surface area (Å²) >= 11 is 0. The number of hydrogen-bond donors (Lipinski definition) is 2. The van der Waals surface area contributed by atoms with E-state index in [4.69, 9.17) is 4.74 Å². The quantitative estimate of drug-likeness (QED) is 0.712. The van der Waals surface area contributed by atoms with E-state index in [0.717, 1.165) is 0 Å². The Hall–Kier alpha value is -2.50. The lowest BCUT2D eigenvalue weighted by Crippen LogP contribution is -2.29. The average molecular weight is 338 g/mol. The van der Waals surface area contributed by atoms with Crippen LogP contribution in [0.15, 0.2) is 30.3 Å². The van der Waals surface area contributed by atoms with Gasteiger partial charge in [-0.05, 0) is 35.6 Å². The molecule has 0 saturated heterocycles. The average Bonchev–Trinajstić information content (AvgIpc) is 2.62. The maximum atomic E-state index is 13.1. The molecular formula is C20H18O5. The van der Waals surface area contributed by atoms with Crippen molar-refractivity contribution in [3.05, 3.63) is 63.7 Å². The van der Waals surface area contributed by atoms with Crippen molar-refractivity contribution >= 4 is 11.6 Å². The van der Waals surface area contributed by atoms with Gasteiger partial charge in [0.15, 0.2) is 11.6 Å². The molecule has 0 aromatic heterocycles. The number of ether oxygens (including phenoxy) is 1. The largest absolute Gasteiger partial charge is 0.496 e. The van der Waals surface area contributed by atoms with Crippen LogP contribution in [-0.2, 0) is 0 Å². The Kier molecular flexibility index (Phi) is 3.52. The topological polar surface area (TPSA) is 83.8 Å². The van der Waals surface area contributed by atoms with Gasteiger partial charge in [-0.2, -0.15) is 0 Å². The zero-order valence-corrected chi connectivity index (χ0v) is 13.9. The van der Waals surface area contributed by atoms with Crippen LogP contribution in [0.1, 0.15) is 68.5 Å². The first-order valence-electron chi connectivity index (χ1n) is 8.25. The number of aliphatic hydroxyl groups is 2. The maximum absolute atomic E-state index is 13.1. The lowest BCUT2D eigenvalue weighted by Gasteiger charge is -2.34. The predicted molar refractivity (Wildman–Crippen MR) is 90.0 cm³/mol. The highest BCUT2D eigenvalue weighted by Crippen LogP contribution is 2.45. The lowest BCUT2D eigenvalue weighted by atomic mass is 9.73. The van der Waals surface area contributed by atoms with Crippen molar-refractivity contribution in [1.29, 1.82) is 0 Å². The van der Waals surface area contributed by atoms with Gasteiger partial charge in [-0.1, -0.05) is 25.1 Å². The lowest BCUT2D eigenvalue weighted by molar-refractivity contribution is 0.0459. The number of carbonyl (C=O) groups is 2. The number of fused-ring (bicyclic) bond motifs is 4. The molecule has 5 nitrogen and oxygen atoms in total. The highest BCUT2D eigenvalue weighted by Gasteiger charge is 2.40. The third-order valence-corrected chi connectivity index (χ3v) is 5.25. The third kappa shape index (κ3) is 2.09. The molecule has 2 aliphatic carbocycles. The molecule has 0 bridgehead atoms. The van der Waals surface area contributed by atoms with Crippen molar-refractivity contribution in [2.45, 2.75) is 25.6 Å². The highest BCUT2D eigenvalue weighted by atomic mass is 16.5. The first kappa shape index (κ1) is 16.0. The van der Waals surface area contributed by atoms with Gasteiger partial charge >= 0.3 is 0 Å². The molecular weight excluding hydrogens is 320 g/mol. The van der Waals surface area contributed by atoms with Crippen LogP contribution >= 0.6 is 0 Å². The monoisotopic (exact) mass is 338 g/mol. The zero-order valence-electron chi connectivity index (χ0n) is 13.9. The fourth-order valence-electron chi connectivity index (χ4n) is 3.99. The van der Waals surface area contributed by atoms with Gasteiger partial charge < -0.3 is 14.9 Å². The second kappa shape index (κ2) is 5.51. The van der Waals surface area contributed by atoms with Crippen LogP contribution in [0.5, 0.6) is 5.75 Å². The summed E-state index contributed by atoms with van der Waals surface area (Å²) < 4.78 is 5.25. The summed E-state index contributed by atoms with van der Waals surface area (Å²) in [5, 5.41) is 21.0. The van der Waals surface area contributed by atoms with Crippen molar-refractivity contribution < 1.29 is 24.5 Å². The van der Waals surface area contributed by atoms with E-state index in [2.05, 4.69) is 0 Å². The molecule has 5 heteroatoms. The van der Waals surface area contributed by atoms with Crippen LogP contribution in [0.2, 0.25) is 0 Å². The van der Waals surface area contributed by atoms with Crippen molar-refractivity contribution in [2.24, 2.45) is 5.92 Å². The van der Waals surface area contributed by atoms with Crippen molar-refractivity contribution in [3.63, 3.8) is 0 Å². The Morgan fingerprint density at radius 2 is 1.68 bits per heavy atom. The second-order valence-electron chi connectivity index (χ2n) is 6.71. The molecule has 2 N–H and O–H groups in total. The molecule has 0 heterocycles. The maximum Gasteiger partial charge on any atom is 0.198 e. The van der Waals surface area contributed by atoms with Gasteiger partial charge in [0.1, 0.15) is 5.75 Å². The molecule has 2 aliphatic rings. The van der Waals surface area contributed by atoms with Crippen molar-refractivity contribution in [2.75, 3.05) is 7.11 Å². The molecule has 0 amide bonds. The molecule has 4 rings (SSSR count). The Bertz CT molecular complexity index is 915. The van der Waals surface area contributed by atoms with E-state index >= 15 is 0 Å². The van der Waals surface area contributed by atoms with Gasteiger partial charge in [-0.15, -0.1) is 0 Å². The SMILES string of the molecule is COc1cccc2c1C(=O)c1ccc3c(c1C2=O)[C@@H](O)C[C@@H](C)[C@H]3O. The van der Waals surface area contributed by atoms with E-state index in [1.54, 1.807) is 30.3 Å². The summed E-state index contributed by atoms with van der Waals surface area (Å²) in [4.78, 5) is 26.1. The van der Waals surface area contributed by atoms with E-state index in [9.17, 15) is 19.8 Å². The van der Waals surface area contributed by atoms with E-state index < -0.39 is 12.2 Å². The molecule has 2 aromatic carbocycles. The van der Waals surface area contributed by atoms with Crippen molar-refractivity contribution in [1.82, 2.24) is 0 Å². The molecule has 0 unspecified atom stereocenters. The number of benzene rings is 2. The summed E-state index contributed by atoms with van der Waals surface area (Å²) in [5.74, 6) is -0.387. The normalized spacial score (nSPS) is 24.4. The fourth-order valence-corrected chi connectivity index (χ4v) is 3.99. The van der Waals surface area contributed by atoms with Crippen LogP contribution < -0.4 is 4.74 Å². The number of ketones is 2. The van der Waals surface area contributed by atoms with E-state index in [1.807, 2.05) is 6.92 Å². The summed E-state index contributed by atoms with van der Waals surface area (Å²) in [6, 6.07) is 8.11. The van der Waals surface area contributed by atoms with Gasteiger partial charge in [-0.3, -0.25) is 9.59 Å². The predicted octanol–water partition coefficient (Wildman–Crippen LogP) is 2.58.